The molecule has 0 radical (unpaired) electrons. The van der Waals surface area contributed by atoms with Crippen molar-refractivity contribution >= 4 is 22.5 Å². The summed E-state index contributed by atoms with van der Waals surface area (Å²) in [6.45, 7) is 1.76. The third-order valence-corrected chi connectivity index (χ3v) is 4.03. The van der Waals surface area contributed by atoms with Crippen LogP contribution in [0.2, 0.25) is 0 Å². The van der Waals surface area contributed by atoms with E-state index in [1.165, 1.54) is 23.0 Å². The first kappa shape index (κ1) is 15.7. The van der Waals surface area contributed by atoms with Gasteiger partial charge in [0.25, 0.3) is 11.5 Å². The number of nitrogens with one attached hydrogen (secondary N) is 2. The van der Waals surface area contributed by atoms with E-state index in [1.807, 2.05) is 30.3 Å². The quantitative estimate of drug-likeness (QED) is 0.591. The van der Waals surface area contributed by atoms with E-state index in [0.717, 1.165) is 10.9 Å². The average Bonchev–Trinajstić information content (AvgIpc) is 3.04. The van der Waals surface area contributed by atoms with Crippen molar-refractivity contribution in [1.29, 1.82) is 0 Å². The van der Waals surface area contributed by atoms with Crippen molar-refractivity contribution in [2.45, 2.75) is 6.92 Å². The van der Waals surface area contributed by atoms with Crippen LogP contribution in [0, 0.1) is 6.92 Å². The second kappa shape index (κ2) is 6.25. The van der Waals surface area contributed by atoms with E-state index in [-0.39, 0.29) is 11.5 Å². The lowest BCUT2D eigenvalue weighted by Gasteiger charge is -2.08. The number of anilines is 1. The number of carbonyl (C=O) groups is 1. The topological polar surface area (TPSA) is 106 Å². The van der Waals surface area contributed by atoms with Crippen molar-refractivity contribution in [3.63, 3.8) is 0 Å². The third-order valence-electron chi connectivity index (χ3n) is 4.03. The highest BCUT2D eigenvalue weighted by Crippen LogP contribution is 2.22. The maximum atomic E-state index is 12.7. The molecule has 4 aromatic rings. The SMILES string of the molecule is Cc1c(C(=O)Nc2cccc3ncccc23)cnn1-c1ccc(=O)[nH]n1. The molecule has 4 rings (SSSR count). The number of amides is 1. The van der Waals surface area contributed by atoms with E-state index in [2.05, 4.69) is 25.6 Å². The van der Waals surface area contributed by atoms with Crippen LogP contribution >= 0.6 is 0 Å². The molecule has 3 heterocycles. The maximum Gasteiger partial charge on any atom is 0.264 e. The molecule has 0 atom stereocenters. The Bertz CT molecular complexity index is 1150. The Balaban J connectivity index is 1.67. The fourth-order valence-electron chi connectivity index (χ4n) is 2.72. The van der Waals surface area contributed by atoms with Crippen LogP contribution in [0.5, 0.6) is 0 Å². The van der Waals surface area contributed by atoms with Crippen LogP contribution in [0.1, 0.15) is 16.1 Å². The van der Waals surface area contributed by atoms with E-state index in [4.69, 9.17) is 0 Å². The van der Waals surface area contributed by atoms with Crippen molar-refractivity contribution in [2.24, 2.45) is 0 Å². The minimum absolute atomic E-state index is 0.283. The molecule has 0 aliphatic heterocycles. The Hall–Kier alpha value is -3.81. The van der Waals surface area contributed by atoms with Gasteiger partial charge in [-0.25, -0.2) is 9.78 Å². The predicted octanol–water partition coefficient (Wildman–Crippen LogP) is 2.06. The summed E-state index contributed by atoms with van der Waals surface area (Å²) < 4.78 is 1.50. The van der Waals surface area contributed by atoms with Crippen molar-refractivity contribution < 1.29 is 4.79 Å². The maximum absolute atomic E-state index is 12.7. The Morgan fingerprint density at radius 3 is 2.85 bits per heavy atom. The smallest absolute Gasteiger partial charge is 0.264 e. The zero-order chi connectivity index (χ0) is 18.1. The normalized spacial score (nSPS) is 10.8. The van der Waals surface area contributed by atoms with Crippen molar-refractivity contribution in [3.05, 3.63) is 76.5 Å². The van der Waals surface area contributed by atoms with Gasteiger partial charge in [0.15, 0.2) is 5.82 Å². The molecule has 26 heavy (non-hydrogen) atoms. The number of aromatic nitrogens is 5. The minimum Gasteiger partial charge on any atom is -0.321 e. The molecule has 0 aliphatic rings. The lowest BCUT2D eigenvalue weighted by molar-refractivity contribution is 0.102. The van der Waals surface area contributed by atoms with Gasteiger partial charge in [0.1, 0.15) is 0 Å². The lowest BCUT2D eigenvalue weighted by Crippen LogP contribution is -2.14. The van der Waals surface area contributed by atoms with E-state index < -0.39 is 0 Å². The highest BCUT2D eigenvalue weighted by molar-refractivity contribution is 6.09. The van der Waals surface area contributed by atoms with Gasteiger partial charge in [0, 0.05) is 17.6 Å². The molecule has 0 unspecified atom stereocenters. The number of fused-ring (bicyclic) bond motifs is 1. The van der Waals surface area contributed by atoms with Crippen LogP contribution in [0.15, 0.2) is 59.7 Å². The number of nitrogens with zero attached hydrogens (tertiary/aromatic N) is 4. The number of H-pyrrole nitrogens is 1. The second-order valence-electron chi connectivity index (χ2n) is 5.66. The Kier molecular flexibility index (Phi) is 3.77. The first-order valence-corrected chi connectivity index (χ1v) is 7.89. The number of carbonyl (C=O) groups excluding carboxylic acids is 1. The Morgan fingerprint density at radius 2 is 2.04 bits per heavy atom. The zero-order valence-corrected chi connectivity index (χ0v) is 13.8. The summed E-state index contributed by atoms with van der Waals surface area (Å²) in [5.74, 6) is 0.144. The molecule has 8 heteroatoms. The molecular weight excluding hydrogens is 332 g/mol. The van der Waals surface area contributed by atoms with Crippen LogP contribution in [-0.2, 0) is 0 Å². The largest absolute Gasteiger partial charge is 0.321 e. The predicted molar refractivity (Wildman–Crippen MR) is 96.4 cm³/mol. The van der Waals surface area contributed by atoms with Gasteiger partial charge in [-0.15, -0.1) is 0 Å². The summed E-state index contributed by atoms with van der Waals surface area (Å²) in [6.07, 6.45) is 3.18. The fourth-order valence-corrected chi connectivity index (χ4v) is 2.72. The summed E-state index contributed by atoms with van der Waals surface area (Å²) in [6, 6.07) is 12.2. The lowest BCUT2D eigenvalue weighted by atomic mass is 10.1. The Labute approximate surface area is 147 Å². The summed E-state index contributed by atoms with van der Waals surface area (Å²) in [7, 11) is 0. The number of pyridine rings is 1. The number of hydrogen-bond acceptors (Lipinski definition) is 5. The van der Waals surface area contributed by atoms with Crippen LogP contribution in [0.25, 0.3) is 16.7 Å². The summed E-state index contributed by atoms with van der Waals surface area (Å²) in [5.41, 5.74) is 2.20. The standard InChI is InChI=1S/C18H14N6O2/c1-11-13(10-20-24(11)16-7-8-17(25)23-22-16)18(26)21-15-6-2-5-14-12(15)4-3-9-19-14/h2-10H,1H3,(H,21,26)(H,23,25). The first-order valence-electron chi connectivity index (χ1n) is 7.89. The highest BCUT2D eigenvalue weighted by atomic mass is 16.1. The summed E-state index contributed by atoms with van der Waals surface area (Å²) in [4.78, 5) is 28.1. The summed E-state index contributed by atoms with van der Waals surface area (Å²) >= 11 is 0. The third kappa shape index (κ3) is 2.73. The molecule has 0 fully saturated rings. The molecule has 0 saturated heterocycles. The van der Waals surface area contributed by atoms with Crippen molar-refractivity contribution in [1.82, 2.24) is 25.0 Å². The monoisotopic (exact) mass is 346 g/mol. The van der Waals surface area contributed by atoms with Gasteiger partial charge in [0.05, 0.1) is 28.7 Å². The van der Waals surface area contributed by atoms with Gasteiger partial charge < -0.3 is 5.32 Å². The number of aromatic amines is 1. The van der Waals surface area contributed by atoms with Crippen molar-refractivity contribution in [2.75, 3.05) is 5.32 Å². The fraction of sp³-hybridized carbons (Fsp3) is 0.0556. The Morgan fingerprint density at radius 1 is 1.15 bits per heavy atom. The van der Waals surface area contributed by atoms with Gasteiger partial charge in [0.2, 0.25) is 0 Å². The second-order valence-corrected chi connectivity index (χ2v) is 5.66. The minimum atomic E-state index is -0.305. The van der Waals surface area contributed by atoms with Crippen LogP contribution in [-0.4, -0.2) is 30.9 Å². The van der Waals surface area contributed by atoms with Gasteiger partial charge in [-0.2, -0.15) is 10.2 Å². The van der Waals surface area contributed by atoms with Crippen LogP contribution < -0.4 is 10.9 Å². The number of hydrogen-bond donors (Lipinski definition) is 2. The molecular formula is C18H14N6O2. The van der Waals surface area contributed by atoms with Crippen LogP contribution in [0.3, 0.4) is 0 Å². The molecule has 0 aliphatic carbocycles. The van der Waals surface area contributed by atoms with Gasteiger partial charge >= 0.3 is 0 Å². The number of benzene rings is 1. The first-order chi connectivity index (χ1) is 12.6. The molecule has 0 spiro atoms. The summed E-state index contributed by atoms with van der Waals surface area (Å²) in [5, 5.41) is 14.2. The van der Waals surface area contributed by atoms with E-state index in [0.29, 0.717) is 22.8 Å². The highest BCUT2D eigenvalue weighted by Gasteiger charge is 2.17. The molecule has 2 N–H and O–H groups in total. The molecule has 8 nitrogen and oxygen atoms in total. The van der Waals surface area contributed by atoms with E-state index in [1.54, 1.807) is 13.1 Å². The molecule has 3 aromatic heterocycles. The van der Waals surface area contributed by atoms with Crippen molar-refractivity contribution in [3.8, 4) is 5.82 Å². The molecule has 1 amide bonds. The molecule has 0 saturated carbocycles. The average molecular weight is 346 g/mol. The van der Waals surface area contributed by atoms with Gasteiger partial charge in [-0.3, -0.25) is 14.6 Å². The molecule has 1 aromatic carbocycles. The molecule has 0 bridgehead atoms. The number of rotatable bonds is 3. The van der Waals surface area contributed by atoms with Gasteiger partial charge in [-0.1, -0.05) is 6.07 Å². The van der Waals surface area contributed by atoms with Crippen LogP contribution in [0.4, 0.5) is 5.69 Å². The molecule has 128 valence electrons. The van der Waals surface area contributed by atoms with Gasteiger partial charge in [-0.05, 0) is 37.3 Å². The van der Waals surface area contributed by atoms with E-state index >= 15 is 0 Å². The zero-order valence-electron chi connectivity index (χ0n) is 13.8. The van der Waals surface area contributed by atoms with E-state index in [9.17, 15) is 9.59 Å².